The fraction of sp³-hybridized carbons (Fsp3) is 0.312. The molecule has 1 N–H and O–H groups in total. The number of halogens is 2. The van der Waals surface area contributed by atoms with E-state index in [9.17, 15) is 8.78 Å². The molecule has 0 amide bonds. The van der Waals surface area contributed by atoms with Crippen LogP contribution in [0.2, 0.25) is 0 Å². The average Bonchev–Trinajstić information content (AvgIpc) is 2.44. The van der Waals surface area contributed by atoms with Crippen molar-refractivity contribution in [3.05, 3.63) is 53.7 Å². The SMILES string of the molecule is CC(C)CNCc1cccnc1Sc1ccc(F)c(F)c1. The summed E-state index contributed by atoms with van der Waals surface area (Å²) in [6, 6.07) is 7.75. The molecular formula is C16H18F2N2S. The van der Waals surface area contributed by atoms with E-state index in [4.69, 9.17) is 0 Å². The monoisotopic (exact) mass is 308 g/mol. The zero-order valence-corrected chi connectivity index (χ0v) is 12.9. The van der Waals surface area contributed by atoms with Gasteiger partial charge in [-0.05, 0) is 42.3 Å². The maximum Gasteiger partial charge on any atom is 0.159 e. The minimum Gasteiger partial charge on any atom is -0.312 e. The molecule has 0 aliphatic rings. The van der Waals surface area contributed by atoms with Crippen LogP contribution in [0.5, 0.6) is 0 Å². The normalized spacial score (nSPS) is 11.1. The summed E-state index contributed by atoms with van der Waals surface area (Å²) >= 11 is 1.34. The Morgan fingerprint density at radius 1 is 1.19 bits per heavy atom. The fourth-order valence-corrected chi connectivity index (χ4v) is 2.70. The number of nitrogens with zero attached hydrogens (tertiary/aromatic N) is 1. The molecule has 1 aromatic heterocycles. The summed E-state index contributed by atoms with van der Waals surface area (Å²) in [4.78, 5) is 4.97. The Bertz CT molecular complexity index is 603. The van der Waals surface area contributed by atoms with Gasteiger partial charge in [0.25, 0.3) is 0 Å². The summed E-state index contributed by atoms with van der Waals surface area (Å²) in [6.07, 6.45) is 1.70. The van der Waals surface area contributed by atoms with E-state index in [1.54, 1.807) is 12.3 Å². The van der Waals surface area contributed by atoms with Crippen molar-refractivity contribution in [3.63, 3.8) is 0 Å². The van der Waals surface area contributed by atoms with Gasteiger partial charge in [0.05, 0.1) is 0 Å². The summed E-state index contributed by atoms with van der Waals surface area (Å²) in [6.45, 7) is 5.92. The van der Waals surface area contributed by atoms with Crippen LogP contribution >= 0.6 is 11.8 Å². The van der Waals surface area contributed by atoms with Crippen LogP contribution in [0.3, 0.4) is 0 Å². The number of aromatic nitrogens is 1. The van der Waals surface area contributed by atoms with Gasteiger partial charge < -0.3 is 5.32 Å². The fourth-order valence-electron chi connectivity index (χ4n) is 1.80. The van der Waals surface area contributed by atoms with Crippen LogP contribution in [-0.2, 0) is 6.54 Å². The van der Waals surface area contributed by atoms with Crippen LogP contribution in [0.4, 0.5) is 8.78 Å². The lowest BCUT2D eigenvalue weighted by atomic mass is 10.2. The molecule has 0 aliphatic carbocycles. The first-order valence-corrected chi connectivity index (χ1v) is 7.65. The minimum atomic E-state index is -0.838. The van der Waals surface area contributed by atoms with Crippen LogP contribution in [0.1, 0.15) is 19.4 Å². The molecule has 0 bridgehead atoms. The summed E-state index contributed by atoms with van der Waals surface area (Å²) in [5.74, 6) is -1.10. The van der Waals surface area contributed by atoms with E-state index < -0.39 is 11.6 Å². The highest BCUT2D eigenvalue weighted by atomic mass is 32.2. The zero-order chi connectivity index (χ0) is 15.2. The smallest absolute Gasteiger partial charge is 0.159 e. The third-order valence-electron chi connectivity index (χ3n) is 2.82. The quantitative estimate of drug-likeness (QED) is 0.863. The van der Waals surface area contributed by atoms with Crippen molar-refractivity contribution < 1.29 is 8.78 Å². The molecule has 0 saturated carbocycles. The molecule has 0 saturated heterocycles. The molecule has 5 heteroatoms. The zero-order valence-electron chi connectivity index (χ0n) is 12.1. The van der Waals surface area contributed by atoms with Gasteiger partial charge in [-0.25, -0.2) is 13.8 Å². The molecule has 2 rings (SSSR count). The molecule has 0 spiro atoms. The Morgan fingerprint density at radius 2 is 2.00 bits per heavy atom. The lowest BCUT2D eigenvalue weighted by Crippen LogP contribution is -2.19. The summed E-state index contributed by atoms with van der Waals surface area (Å²) in [5.41, 5.74) is 1.05. The van der Waals surface area contributed by atoms with E-state index in [0.29, 0.717) is 17.4 Å². The van der Waals surface area contributed by atoms with Gasteiger partial charge in [0.1, 0.15) is 5.03 Å². The van der Waals surface area contributed by atoms with Gasteiger partial charge >= 0.3 is 0 Å². The van der Waals surface area contributed by atoms with Crippen molar-refractivity contribution in [2.75, 3.05) is 6.54 Å². The Balaban J connectivity index is 2.10. The molecule has 21 heavy (non-hydrogen) atoms. The van der Waals surface area contributed by atoms with E-state index in [-0.39, 0.29) is 0 Å². The Morgan fingerprint density at radius 3 is 2.71 bits per heavy atom. The molecule has 1 aromatic carbocycles. The largest absolute Gasteiger partial charge is 0.312 e. The predicted molar refractivity (Wildman–Crippen MR) is 81.3 cm³/mol. The van der Waals surface area contributed by atoms with Crippen LogP contribution in [-0.4, -0.2) is 11.5 Å². The molecule has 112 valence electrons. The standard InChI is InChI=1S/C16H18F2N2S/c1-11(2)9-19-10-12-4-3-7-20-16(12)21-13-5-6-14(17)15(18)8-13/h3-8,11,19H,9-10H2,1-2H3. The molecule has 0 radical (unpaired) electrons. The van der Waals surface area contributed by atoms with Crippen molar-refractivity contribution >= 4 is 11.8 Å². The summed E-state index contributed by atoms with van der Waals surface area (Å²) < 4.78 is 26.2. The highest BCUT2D eigenvalue weighted by Crippen LogP contribution is 2.29. The number of hydrogen-bond acceptors (Lipinski definition) is 3. The highest BCUT2D eigenvalue weighted by molar-refractivity contribution is 7.99. The Labute approximate surface area is 128 Å². The van der Waals surface area contributed by atoms with Crippen LogP contribution in [0.25, 0.3) is 0 Å². The van der Waals surface area contributed by atoms with Crippen LogP contribution < -0.4 is 5.32 Å². The summed E-state index contributed by atoms with van der Waals surface area (Å²) in [7, 11) is 0. The molecular weight excluding hydrogens is 290 g/mol. The molecule has 0 aliphatic heterocycles. The summed E-state index contributed by atoms with van der Waals surface area (Å²) in [5, 5.41) is 4.17. The van der Waals surface area contributed by atoms with Crippen molar-refractivity contribution in [2.45, 2.75) is 30.3 Å². The van der Waals surface area contributed by atoms with E-state index >= 15 is 0 Å². The van der Waals surface area contributed by atoms with Gasteiger partial charge in [0, 0.05) is 17.6 Å². The van der Waals surface area contributed by atoms with Gasteiger partial charge in [-0.2, -0.15) is 0 Å². The minimum absolute atomic E-state index is 0.573. The van der Waals surface area contributed by atoms with Gasteiger partial charge in [0.15, 0.2) is 11.6 Å². The van der Waals surface area contributed by atoms with Gasteiger partial charge in [-0.1, -0.05) is 31.7 Å². The number of rotatable bonds is 6. The second-order valence-corrected chi connectivity index (χ2v) is 6.23. The van der Waals surface area contributed by atoms with Crippen molar-refractivity contribution in [2.24, 2.45) is 5.92 Å². The Kier molecular flexibility index (Phi) is 5.70. The molecule has 1 heterocycles. The number of nitrogens with one attached hydrogen (secondary N) is 1. The van der Waals surface area contributed by atoms with Crippen molar-refractivity contribution in [3.8, 4) is 0 Å². The maximum absolute atomic E-state index is 13.3. The van der Waals surface area contributed by atoms with Crippen molar-refractivity contribution in [1.29, 1.82) is 0 Å². The first-order chi connectivity index (χ1) is 10.1. The lowest BCUT2D eigenvalue weighted by Gasteiger charge is -2.11. The Hall–Kier alpha value is -1.46. The maximum atomic E-state index is 13.3. The van der Waals surface area contributed by atoms with E-state index in [1.807, 2.05) is 12.1 Å². The van der Waals surface area contributed by atoms with Gasteiger partial charge in [0.2, 0.25) is 0 Å². The van der Waals surface area contributed by atoms with Gasteiger partial charge in [-0.3, -0.25) is 0 Å². The molecule has 2 nitrogen and oxygen atoms in total. The highest BCUT2D eigenvalue weighted by Gasteiger charge is 2.08. The average molecular weight is 308 g/mol. The first-order valence-electron chi connectivity index (χ1n) is 6.84. The number of benzene rings is 1. The second kappa shape index (κ2) is 7.52. The van der Waals surface area contributed by atoms with Gasteiger partial charge in [-0.15, -0.1) is 0 Å². The van der Waals surface area contributed by atoms with Crippen LogP contribution in [0, 0.1) is 17.6 Å². The molecule has 0 unspecified atom stereocenters. The topological polar surface area (TPSA) is 24.9 Å². The first kappa shape index (κ1) is 15.9. The van der Waals surface area contributed by atoms with Crippen LogP contribution in [0.15, 0.2) is 46.5 Å². The van der Waals surface area contributed by atoms with E-state index in [2.05, 4.69) is 24.1 Å². The number of hydrogen-bond donors (Lipinski definition) is 1. The molecule has 0 fully saturated rings. The third-order valence-corrected chi connectivity index (χ3v) is 3.87. The predicted octanol–water partition coefficient (Wildman–Crippen LogP) is 4.26. The van der Waals surface area contributed by atoms with E-state index in [1.165, 1.54) is 17.8 Å². The van der Waals surface area contributed by atoms with Crippen molar-refractivity contribution in [1.82, 2.24) is 10.3 Å². The number of pyridine rings is 1. The lowest BCUT2D eigenvalue weighted by molar-refractivity contribution is 0.506. The third kappa shape index (κ3) is 4.79. The molecule has 2 aromatic rings. The van der Waals surface area contributed by atoms with E-state index in [0.717, 1.165) is 23.2 Å². The second-order valence-electron chi connectivity index (χ2n) is 5.17. The molecule has 0 atom stereocenters.